The van der Waals surface area contributed by atoms with E-state index >= 15 is 0 Å². The van der Waals surface area contributed by atoms with Gasteiger partial charge in [0.2, 0.25) is 5.95 Å². The molecular formula is C19H18F2N4. The molecule has 0 spiro atoms. The van der Waals surface area contributed by atoms with Gasteiger partial charge in [-0.3, -0.25) is 0 Å². The average molecular weight is 340 g/mol. The zero-order valence-electron chi connectivity index (χ0n) is 13.5. The highest BCUT2D eigenvalue weighted by molar-refractivity contribution is 5.45. The zero-order chi connectivity index (χ0) is 17.6. The van der Waals surface area contributed by atoms with Crippen molar-refractivity contribution in [1.29, 1.82) is 0 Å². The maximum absolute atomic E-state index is 13.3. The fourth-order valence-electron chi connectivity index (χ4n) is 2.47. The van der Waals surface area contributed by atoms with Gasteiger partial charge in [-0.15, -0.1) is 0 Å². The molecule has 3 N–H and O–H groups in total. The molecule has 0 aliphatic rings. The molecule has 0 bridgehead atoms. The number of rotatable bonds is 6. The van der Waals surface area contributed by atoms with Crippen molar-refractivity contribution in [2.24, 2.45) is 0 Å². The summed E-state index contributed by atoms with van der Waals surface area (Å²) < 4.78 is 26.3. The van der Waals surface area contributed by atoms with Gasteiger partial charge >= 0.3 is 0 Å². The van der Waals surface area contributed by atoms with E-state index in [1.165, 1.54) is 11.6 Å². The molecule has 6 heteroatoms. The topological polar surface area (TPSA) is 63.8 Å². The molecular weight excluding hydrogens is 322 g/mol. The first kappa shape index (κ1) is 16.8. The molecule has 3 rings (SSSR count). The second-order valence-corrected chi connectivity index (χ2v) is 5.69. The third-order valence-corrected chi connectivity index (χ3v) is 3.82. The summed E-state index contributed by atoms with van der Waals surface area (Å²) >= 11 is 0. The molecule has 0 unspecified atom stereocenters. The maximum Gasteiger partial charge on any atom is 0.224 e. The summed E-state index contributed by atoms with van der Waals surface area (Å²) in [6.45, 7) is 0.686. The Morgan fingerprint density at radius 2 is 1.76 bits per heavy atom. The minimum absolute atomic E-state index is 0.321. The van der Waals surface area contributed by atoms with Crippen LogP contribution >= 0.6 is 0 Å². The van der Waals surface area contributed by atoms with E-state index in [1.54, 1.807) is 6.20 Å². The van der Waals surface area contributed by atoms with Gasteiger partial charge < -0.3 is 11.1 Å². The fraction of sp³-hybridized carbons (Fsp3) is 0.158. The Morgan fingerprint density at radius 1 is 0.960 bits per heavy atom. The molecule has 0 amide bonds. The standard InChI is InChI=1S/C19H18F2N4/c20-16-7-6-14(11-17(16)21)10-15-12-24-19(25-18(15)22)23-9-8-13-4-2-1-3-5-13/h1-7,11-12H,8-10H2,(H3,22,23,24,25). The number of benzene rings is 2. The van der Waals surface area contributed by atoms with Crippen molar-refractivity contribution < 1.29 is 8.78 Å². The van der Waals surface area contributed by atoms with E-state index in [0.717, 1.165) is 18.6 Å². The number of hydrogen-bond acceptors (Lipinski definition) is 4. The number of halogens is 2. The summed E-state index contributed by atoms with van der Waals surface area (Å²) in [5.74, 6) is -0.980. The minimum Gasteiger partial charge on any atom is -0.383 e. The Balaban J connectivity index is 1.61. The van der Waals surface area contributed by atoms with Crippen LogP contribution in [0.3, 0.4) is 0 Å². The van der Waals surface area contributed by atoms with E-state index in [2.05, 4.69) is 27.4 Å². The summed E-state index contributed by atoms with van der Waals surface area (Å²) in [6, 6.07) is 13.9. The monoisotopic (exact) mass is 340 g/mol. The number of nitrogens with one attached hydrogen (secondary N) is 1. The lowest BCUT2D eigenvalue weighted by molar-refractivity contribution is 0.507. The fourth-order valence-corrected chi connectivity index (χ4v) is 2.47. The Bertz CT molecular complexity index is 853. The van der Waals surface area contributed by atoms with Gasteiger partial charge in [0.1, 0.15) is 5.82 Å². The van der Waals surface area contributed by atoms with Crippen LogP contribution in [0.5, 0.6) is 0 Å². The number of aromatic nitrogens is 2. The van der Waals surface area contributed by atoms with Crippen LogP contribution in [0.1, 0.15) is 16.7 Å². The number of hydrogen-bond donors (Lipinski definition) is 2. The molecule has 0 fully saturated rings. The van der Waals surface area contributed by atoms with E-state index in [4.69, 9.17) is 5.73 Å². The van der Waals surface area contributed by atoms with Gasteiger partial charge in [-0.1, -0.05) is 36.4 Å². The lowest BCUT2D eigenvalue weighted by Gasteiger charge is -2.09. The third kappa shape index (κ3) is 4.50. The number of nitrogens with zero attached hydrogens (tertiary/aromatic N) is 2. The van der Waals surface area contributed by atoms with Gasteiger partial charge in [0, 0.05) is 24.7 Å². The van der Waals surface area contributed by atoms with Crippen molar-refractivity contribution in [1.82, 2.24) is 9.97 Å². The first-order valence-electron chi connectivity index (χ1n) is 7.95. The maximum atomic E-state index is 13.3. The van der Waals surface area contributed by atoms with Crippen LogP contribution in [0.2, 0.25) is 0 Å². The lowest BCUT2D eigenvalue weighted by atomic mass is 10.1. The molecule has 25 heavy (non-hydrogen) atoms. The summed E-state index contributed by atoms with van der Waals surface area (Å²) in [7, 11) is 0. The van der Waals surface area contributed by atoms with Crippen molar-refractivity contribution in [3.63, 3.8) is 0 Å². The van der Waals surface area contributed by atoms with Crippen molar-refractivity contribution >= 4 is 11.8 Å². The highest BCUT2D eigenvalue weighted by Crippen LogP contribution is 2.17. The number of anilines is 2. The van der Waals surface area contributed by atoms with Gasteiger partial charge in [-0.2, -0.15) is 4.98 Å². The number of nitrogen functional groups attached to an aromatic ring is 1. The quantitative estimate of drug-likeness (QED) is 0.720. The Morgan fingerprint density at radius 3 is 2.48 bits per heavy atom. The van der Waals surface area contributed by atoms with E-state index < -0.39 is 11.6 Å². The second-order valence-electron chi connectivity index (χ2n) is 5.69. The first-order chi connectivity index (χ1) is 12.1. The molecule has 0 saturated carbocycles. The Labute approximate surface area is 144 Å². The van der Waals surface area contributed by atoms with Gasteiger partial charge in [0.15, 0.2) is 11.6 Å². The SMILES string of the molecule is Nc1nc(NCCc2ccccc2)ncc1Cc1ccc(F)c(F)c1. The van der Waals surface area contributed by atoms with Crippen molar-refractivity contribution in [3.8, 4) is 0 Å². The van der Waals surface area contributed by atoms with Gasteiger partial charge in [0.25, 0.3) is 0 Å². The molecule has 3 aromatic rings. The molecule has 0 saturated heterocycles. The lowest BCUT2D eigenvalue weighted by Crippen LogP contribution is -2.10. The Kier molecular flexibility index (Phi) is 5.18. The first-order valence-corrected chi connectivity index (χ1v) is 7.95. The van der Waals surface area contributed by atoms with E-state index in [0.29, 0.717) is 35.9 Å². The Hall–Kier alpha value is -3.02. The minimum atomic E-state index is -0.879. The largest absolute Gasteiger partial charge is 0.383 e. The van der Waals surface area contributed by atoms with Crippen LogP contribution in [0, 0.1) is 11.6 Å². The molecule has 128 valence electrons. The molecule has 0 atom stereocenters. The van der Waals surface area contributed by atoms with Crippen LogP contribution in [-0.4, -0.2) is 16.5 Å². The van der Waals surface area contributed by atoms with Crippen LogP contribution < -0.4 is 11.1 Å². The van der Waals surface area contributed by atoms with Crippen LogP contribution in [0.15, 0.2) is 54.7 Å². The van der Waals surface area contributed by atoms with E-state index in [9.17, 15) is 8.78 Å². The second kappa shape index (κ2) is 7.70. The van der Waals surface area contributed by atoms with Gasteiger partial charge in [-0.25, -0.2) is 13.8 Å². The predicted octanol–water partition coefficient (Wildman–Crippen LogP) is 3.58. The predicted molar refractivity (Wildman–Crippen MR) is 94.2 cm³/mol. The average Bonchev–Trinajstić information content (AvgIpc) is 2.61. The highest BCUT2D eigenvalue weighted by Gasteiger charge is 2.08. The highest BCUT2D eigenvalue weighted by atomic mass is 19.2. The zero-order valence-corrected chi connectivity index (χ0v) is 13.5. The molecule has 2 aromatic carbocycles. The van der Waals surface area contributed by atoms with Gasteiger partial charge in [0.05, 0.1) is 0 Å². The van der Waals surface area contributed by atoms with Crippen molar-refractivity contribution in [2.45, 2.75) is 12.8 Å². The van der Waals surface area contributed by atoms with Gasteiger partial charge in [-0.05, 0) is 29.7 Å². The van der Waals surface area contributed by atoms with E-state index in [1.807, 2.05) is 18.2 Å². The summed E-state index contributed by atoms with van der Waals surface area (Å²) in [5.41, 5.74) is 8.46. The van der Waals surface area contributed by atoms with Crippen LogP contribution in [-0.2, 0) is 12.8 Å². The van der Waals surface area contributed by atoms with Crippen molar-refractivity contribution in [2.75, 3.05) is 17.6 Å². The van der Waals surface area contributed by atoms with Crippen LogP contribution in [0.25, 0.3) is 0 Å². The molecule has 0 aliphatic heterocycles. The number of nitrogens with two attached hydrogens (primary N) is 1. The smallest absolute Gasteiger partial charge is 0.224 e. The molecule has 0 aliphatic carbocycles. The summed E-state index contributed by atoms with van der Waals surface area (Å²) in [6.07, 6.45) is 2.79. The third-order valence-electron chi connectivity index (χ3n) is 3.82. The molecule has 1 aromatic heterocycles. The molecule has 4 nitrogen and oxygen atoms in total. The van der Waals surface area contributed by atoms with Crippen molar-refractivity contribution in [3.05, 3.63) is 83.1 Å². The summed E-state index contributed by atoms with van der Waals surface area (Å²) in [5, 5.41) is 3.13. The summed E-state index contributed by atoms with van der Waals surface area (Å²) in [4.78, 5) is 8.47. The normalized spacial score (nSPS) is 10.6. The van der Waals surface area contributed by atoms with Crippen LogP contribution in [0.4, 0.5) is 20.5 Å². The molecule has 1 heterocycles. The van der Waals surface area contributed by atoms with E-state index in [-0.39, 0.29) is 0 Å². The molecule has 0 radical (unpaired) electrons.